The summed E-state index contributed by atoms with van der Waals surface area (Å²) >= 11 is 0. The number of carbonyl (C=O) groups is 1. The van der Waals surface area contributed by atoms with E-state index in [2.05, 4.69) is 30.9 Å². The quantitative estimate of drug-likeness (QED) is 0.290. The van der Waals surface area contributed by atoms with Crippen LogP contribution >= 0.6 is 0 Å². The first kappa shape index (κ1) is 23.4. The van der Waals surface area contributed by atoms with Crippen molar-refractivity contribution in [2.24, 2.45) is 10.9 Å². The molecule has 1 amide bonds. The van der Waals surface area contributed by atoms with Gasteiger partial charge in [-0.25, -0.2) is 9.78 Å². The average molecular weight is 462 g/mol. The Morgan fingerprint density at radius 3 is 2.27 bits per heavy atom. The molecule has 3 aliphatic heterocycles. The first-order valence-electron chi connectivity index (χ1n) is 11.5. The van der Waals surface area contributed by atoms with E-state index in [9.17, 15) is 10.0 Å². The van der Waals surface area contributed by atoms with Crippen molar-refractivity contribution >= 4 is 23.4 Å². The fraction of sp³-hybridized carbons (Fsp3) is 0.682. The van der Waals surface area contributed by atoms with Crippen LogP contribution in [0.2, 0.25) is 0 Å². The molecule has 0 aromatic carbocycles. The maximum Gasteiger partial charge on any atom is 0.410 e. The molecule has 11 nitrogen and oxygen atoms in total. The highest BCUT2D eigenvalue weighted by Gasteiger charge is 2.30. The van der Waals surface area contributed by atoms with E-state index in [4.69, 9.17) is 15.2 Å². The third kappa shape index (κ3) is 5.59. The van der Waals surface area contributed by atoms with Crippen LogP contribution in [-0.4, -0.2) is 109 Å². The largest absolute Gasteiger partial charge is 0.444 e. The van der Waals surface area contributed by atoms with Crippen molar-refractivity contribution in [3.63, 3.8) is 0 Å². The monoisotopic (exact) mass is 461 g/mol. The molecule has 0 aliphatic carbocycles. The lowest BCUT2D eigenvalue weighted by molar-refractivity contribution is -0.0661. The second kappa shape index (κ2) is 9.60. The fourth-order valence-corrected chi connectivity index (χ4v) is 4.25. The summed E-state index contributed by atoms with van der Waals surface area (Å²) in [6.45, 7) is 13.3. The van der Waals surface area contributed by atoms with E-state index in [0.717, 1.165) is 50.9 Å². The summed E-state index contributed by atoms with van der Waals surface area (Å²) in [5, 5.41) is 12.4. The van der Waals surface area contributed by atoms with Gasteiger partial charge >= 0.3 is 6.09 Å². The zero-order valence-corrected chi connectivity index (χ0v) is 19.7. The Morgan fingerprint density at radius 2 is 1.73 bits per heavy atom. The molecular weight excluding hydrogens is 426 g/mol. The third-order valence-corrected chi connectivity index (χ3v) is 6.24. The van der Waals surface area contributed by atoms with Crippen molar-refractivity contribution in [3.05, 3.63) is 17.8 Å². The number of hydrogen-bond acceptors (Lipinski definition) is 9. The Bertz CT molecular complexity index is 868. The summed E-state index contributed by atoms with van der Waals surface area (Å²) in [5.41, 5.74) is 6.78. The molecule has 3 saturated heterocycles. The highest BCUT2D eigenvalue weighted by Crippen LogP contribution is 2.26. The van der Waals surface area contributed by atoms with E-state index in [1.807, 2.05) is 26.8 Å². The van der Waals surface area contributed by atoms with E-state index >= 15 is 0 Å². The molecule has 4 rings (SSSR count). The predicted molar refractivity (Wildman–Crippen MR) is 125 cm³/mol. The number of rotatable bonds is 4. The standard InChI is InChI=1S/C22H35N7O4/c1-22(2,3)33-21(30)29-10-6-26(7-11-29)16-12-18(20(23)25-31)24-19(13-16)28-8-4-27(5-9-28)17-14-32-15-17/h12-13,17,31H,4-11,14-15H2,1-3H3,(H2,23,25). The van der Waals surface area contributed by atoms with E-state index < -0.39 is 5.60 Å². The van der Waals surface area contributed by atoms with Crippen LogP contribution in [0.5, 0.6) is 0 Å². The minimum Gasteiger partial charge on any atom is -0.444 e. The number of pyridine rings is 1. The maximum atomic E-state index is 12.4. The lowest BCUT2D eigenvalue weighted by atomic mass is 10.1. The summed E-state index contributed by atoms with van der Waals surface area (Å²) < 4.78 is 10.8. The molecule has 3 aliphatic rings. The summed E-state index contributed by atoms with van der Waals surface area (Å²) in [6, 6.07) is 4.42. The Balaban J connectivity index is 1.45. The summed E-state index contributed by atoms with van der Waals surface area (Å²) in [6.07, 6.45) is -0.287. The molecule has 0 unspecified atom stereocenters. The van der Waals surface area contributed by atoms with Gasteiger partial charge in [0.1, 0.15) is 17.1 Å². The number of nitrogens with two attached hydrogens (primary N) is 1. The van der Waals surface area contributed by atoms with Crippen molar-refractivity contribution in [1.82, 2.24) is 14.8 Å². The van der Waals surface area contributed by atoms with Crippen LogP contribution in [-0.2, 0) is 9.47 Å². The Kier molecular flexibility index (Phi) is 6.80. The number of amides is 1. The van der Waals surface area contributed by atoms with Crippen LogP contribution in [0.3, 0.4) is 0 Å². The molecule has 0 radical (unpaired) electrons. The molecule has 1 aromatic rings. The number of carbonyl (C=O) groups excluding carboxylic acids is 1. The summed E-state index contributed by atoms with van der Waals surface area (Å²) in [4.78, 5) is 25.7. The van der Waals surface area contributed by atoms with E-state index in [1.54, 1.807) is 4.90 Å². The number of oxime groups is 1. The Labute approximate surface area is 194 Å². The van der Waals surface area contributed by atoms with E-state index in [0.29, 0.717) is 37.9 Å². The lowest BCUT2D eigenvalue weighted by Gasteiger charge is -2.43. The molecule has 0 atom stereocenters. The number of anilines is 2. The van der Waals surface area contributed by atoms with E-state index in [-0.39, 0.29) is 11.9 Å². The molecule has 1 aromatic heterocycles. The second-order valence-corrected chi connectivity index (χ2v) is 9.72. The van der Waals surface area contributed by atoms with Crippen molar-refractivity contribution in [2.45, 2.75) is 32.4 Å². The fourth-order valence-electron chi connectivity index (χ4n) is 4.25. The third-order valence-electron chi connectivity index (χ3n) is 6.24. The molecule has 3 N–H and O–H groups in total. The van der Waals surface area contributed by atoms with Crippen molar-refractivity contribution in [1.29, 1.82) is 0 Å². The smallest absolute Gasteiger partial charge is 0.410 e. The molecule has 0 bridgehead atoms. The van der Waals surface area contributed by atoms with Crippen LogP contribution < -0.4 is 15.5 Å². The molecule has 11 heteroatoms. The van der Waals surface area contributed by atoms with Gasteiger partial charge in [-0.15, -0.1) is 0 Å². The van der Waals surface area contributed by atoms with Crippen LogP contribution in [0, 0.1) is 0 Å². The van der Waals surface area contributed by atoms with Crippen LogP contribution in [0.1, 0.15) is 26.5 Å². The molecule has 0 spiro atoms. The normalized spacial score (nSPS) is 21.2. The van der Waals surface area contributed by atoms with Gasteiger partial charge in [0.05, 0.1) is 19.3 Å². The summed E-state index contributed by atoms with van der Waals surface area (Å²) in [5.74, 6) is 0.795. The number of aromatic nitrogens is 1. The number of ether oxygens (including phenoxy) is 2. The highest BCUT2D eigenvalue weighted by atomic mass is 16.6. The van der Waals surface area contributed by atoms with Gasteiger partial charge in [0, 0.05) is 64.1 Å². The van der Waals surface area contributed by atoms with Crippen LogP contribution in [0.4, 0.5) is 16.3 Å². The van der Waals surface area contributed by atoms with E-state index in [1.165, 1.54) is 0 Å². The van der Waals surface area contributed by atoms with Crippen LogP contribution in [0.15, 0.2) is 17.3 Å². The zero-order chi connectivity index (χ0) is 23.6. The summed E-state index contributed by atoms with van der Waals surface area (Å²) in [7, 11) is 0. The zero-order valence-electron chi connectivity index (χ0n) is 19.7. The number of piperazine rings is 2. The number of hydrogen-bond donors (Lipinski definition) is 2. The minimum atomic E-state index is -0.514. The number of amidine groups is 1. The van der Waals surface area contributed by atoms with Crippen molar-refractivity contribution in [3.8, 4) is 0 Å². The van der Waals surface area contributed by atoms with Crippen LogP contribution in [0.25, 0.3) is 0 Å². The molecule has 182 valence electrons. The first-order valence-corrected chi connectivity index (χ1v) is 11.5. The van der Waals surface area contributed by atoms with Crippen molar-refractivity contribution < 1.29 is 19.5 Å². The topological polar surface area (TPSA) is 120 Å². The van der Waals surface area contributed by atoms with Gasteiger partial charge < -0.3 is 35.1 Å². The lowest BCUT2D eigenvalue weighted by Crippen LogP contribution is -2.56. The molecule has 3 fully saturated rings. The van der Waals surface area contributed by atoms with Gasteiger partial charge in [-0.2, -0.15) is 0 Å². The highest BCUT2D eigenvalue weighted by molar-refractivity contribution is 5.96. The van der Waals surface area contributed by atoms with Gasteiger partial charge in [-0.1, -0.05) is 5.16 Å². The van der Waals surface area contributed by atoms with Gasteiger partial charge in [0.2, 0.25) is 0 Å². The van der Waals surface area contributed by atoms with Gasteiger partial charge in [-0.05, 0) is 26.8 Å². The van der Waals surface area contributed by atoms with Gasteiger partial charge in [0.25, 0.3) is 0 Å². The molecule has 0 saturated carbocycles. The molecule has 4 heterocycles. The minimum absolute atomic E-state index is 0.0178. The van der Waals surface area contributed by atoms with Gasteiger partial charge in [0.15, 0.2) is 5.84 Å². The second-order valence-electron chi connectivity index (χ2n) is 9.72. The van der Waals surface area contributed by atoms with Gasteiger partial charge in [-0.3, -0.25) is 4.90 Å². The van der Waals surface area contributed by atoms with Crippen molar-refractivity contribution in [2.75, 3.05) is 75.4 Å². The molecular formula is C22H35N7O4. The predicted octanol–water partition coefficient (Wildman–Crippen LogP) is 0.754. The number of nitrogens with zero attached hydrogens (tertiary/aromatic N) is 6. The first-order chi connectivity index (χ1) is 15.7. The molecule has 33 heavy (non-hydrogen) atoms. The maximum absolute atomic E-state index is 12.4. The SMILES string of the molecule is CC(C)(C)OC(=O)N1CCN(c2cc(/C(N)=N/O)nc(N3CCN(C4COC4)CC3)c2)CC1. The Hall–Kier alpha value is -2.79. The average Bonchev–Trinajstić information content (AvgIpc) is 2.76. The Morgan fingerprint density at radius 1 is 1.09 bits per heavy atom.